The quantitative estimate of drug-likeness (QED) is 0.433. The van der Waals surface area contributed by atoms with Gasteiger partial charge in [-0.1, -0.05) is 55.5 Å². The fraction of sp³-hybridized carbons (Fsp3) is 0.367. The first-order valence-electron chi connectivity index (χ1n) is 13.1. The summed E-state index contributed by atoms with van der Waals surface area (Å²) in [4.78, 5) is 33.1. The van der Waals surface area contributed by atoms with Crippen LogP contribution in [-0.4, -0.2) is 60.9 Å². The zero-order valence-corrected chi connectivity index (χ0v) is 22.5. The van der Waals surface area contributed by atoms with Crippen molar-refractivity contribution in [1.82, 2.24) is 9.88 Å². The Bertz CT molecular complexity index is 1510. The summed E-state index contributed by atoms with van der Waals surface area (Å²) >= 11 is 0. The Morgan fingerprint density at radius 2 is 1.82 bits per heavy atom. The minimum absolute atomic E-state index is 0.0442. The van der Waals surface area contributed by atoms with E-state index in [4.69, 9.17) is 9.72 Å². The lowest BCUT2D eigenvalue weighted by molar-refractivity contribution is -0.136. The molecule has 3 aromatic rings. The SMILES string of the molecule is CCN(C(=O)COC(=O)c1c2c(nc3ccccc13)/C(=C\c1ccccc1)C[C@H](C)C2)[C@H]1CCS(=O)(=O)C1. The molecule has 0 unspecified atom stereocenters. The number of fused-ring (bicyclic) bond motifs is 2. The van der Waals surface area contributed by atoms with E-state index < -0.39 is 22.4 Å². The fourth-order valence-corrected chi connectivity index (χ4v) is 7.39. The van der Waals surface area contributed by atoms with Crippen molar-refractivity contribution >= 4 is 44.3 Å². The highest BCUT2D eigenvalue weighted by Crippen LogP contribution is 2.38. The van der Waals surface area contributed by atoms with Gasteiger partial charge in [0, 0.05) is 18.0 Å². The van der Waals surface area contributed by atoms with Crippen LogP contribution in [0.25, 0.3) is 22.6 Å². The number of allylic oxidation sites excluding steroid dienone is 1. The Balaban J connectivity index is 1.47. The van der Waals surface area contributed by atoms with Gasteiger partial charge < -0.3 is 9.64 Å². The number of benzene rings is 2. The number of para-hydroxylation sites is 1. The molecule has 5 rings (SSSR count). The van der Waals surface area contributed by atoms with Crippen molar-refractivity contribution in [2.24, 2.45) is 5.92 Å². The summed E-state index contributed by atoms with van der Waals surface area (Å²) in [5.74, 6) is -0.608. The summed E-state index contributed by atoms with van der Waals surface area (Å²) in [6.07, 6.45) is 4.06. The molecule has 1 fully saturated rings. The van der Waals surface area contributed by atoms with Crippen LogP contribution in [0, 0.1) is 5.92 Å². The molecule has 7 nitrogen and oxygen atoms in total. The number of carbonyl (C=O) groups excluding carboxylic acids is 2. The van der Waals surface area contributed by atoms with Crippen molar-refractivity contribution < 1.29 is 22.7 Å². The minimum Gasteiger partial charge on any atom is -0.452 e. The van der Waals surface area contributed by atoms with E-state index in [1.165, 1.54) is 4.90 Å². The maximum atomic E-state index is 13.6. The molecule has 1 saturated heterocycles. The predicted octanol–water partition coefficient (Wildman–Crippen LogP) is 4.55. The number of nitrogens with zero attached hydrogens (tertiary/aromatic N) is 2. The average molecular weight is 533 g/mol. The van der Waals surface area contributed by atoms with E-state index in [1.54, 1.807) is 6.92 Å². The third-order valence-electron chi connectivity index (χ3n) is 7.40. The second-order valence-electron chi connectivity index (χ2n) is 10.2. The lowest BCUT2D eigenvalue weighted by atomic mass is 9.80. The molecule has 0 bridgehead atoms. The van der Waals surface area contributed by atoms with Crippen molar-refractivity contribution in [2.75, 3.05) is 24.7 Å². The molecule has 0 spiro atoms. The number of amides is 1. The van der Waals surface area contributed by atoms with Gasteiger partial charge in [-0.2, -0.15) is 0 Å². The highest BCUT2D eigenvalue weighted by Gasteiger charge is 2.35. The van der Waals surface area contributed by atoms with Crippen LogP contribution in [0.15, 0.2) is 54.6 Å². The number of rotatable bonds is 6. The summed E-state index contributed by atoms with van der Waals surface area (Å²) < 4.78 is 29.5. The maximum Gasteiger partial charge on any atom is 0.339 e. The van der Waals surface area contributed by atoms with Gasteiger partial charge in [-0.25, -0.2) is 18.2 Å². The number of hydrogen-bond donors (Lipinski definition) is 0. The lowest BCUT2D eigenvalue weighted by Gasteiger charge is -2.28. The molecule has 8 heteroatoms. The molecule has 38 heavy (non-hydrogen) atoms. The standard InChI is InChI=1S/C30H32N2O5S/c1-3-32(23-13-14-38(35,36)19-23)27(33)18-37-30(34)28-24-11-7-8-12-26(24)31-29-22(15-20(2)16-25(28)29)17-21-9-5-4-6-10-21/h4-12,17,20,23H,3,13-16,18-19H2,1-2H3/b22-17-/t20-,23-/m0/s1. The molecule has 2 atom stereocenters. The molecule has 1 aliphatic heterocycles. The van der Waals surface area contributed by atoms with Gasteiger partial charge in [-0.15, -0.1) is 0 Å². The predicted molar refractivity (Wildman–Crippen MR) is 148 cm³/mol. The largest absolute Gasteiger partial charge is 0.452 e. The van der Waals surface area contributed by atoms with Crippen molar-refractivity contribution in [3.63, 3.8) is 0 Å². The van der Waals surface area contributed by atoms with Crippen LogP contribution in [-0.2, 0) is 25.8 Å². The lowest BCUT2D eigenvalue weighted by Crippen LogP contribution is -2.43. The molecule has 1 aromatic heterocycles. The van der Waals surface area contributed by atoms with Gasteiger partial charge in [-0.3, -0.25) is 4.79 Å². The van der Waals surface area contributed by atoms with Crippen LogP contribution < -0.4 is 0 Å². The monoisotopic (exact) mass is 532 g/mol. The van der Waals surface area contributed by atoms with E-state index in [2.05, 4.69) is 13.0 Å². The Morgan fingerprint density at radius 3 is 2.53 bits per heavy atom. The first-order valence-corrected chi connectivity index (χ1v) is 14.9. The highest BCUT2D eigenvalue weighted by atomic mass is 32.2. The van der Waals surface area contributed by atoms with Crippen LogP contribution >= 0.6 is 0 Å². The Morgan fingerprint density at radius 1 is 1.08 bits per heavy atom. The number of aromatic nitrogens is 1. The van der Waals surface area contributed by atoms with Crippen LogP contribution in [0.2, 0.25) is 0 Å². The van der Waals surface area contributed by atoms with Crippen molar-refractivity contribution in [1.29, 1.82) is 0 Å². The van der Waals surface area contributed by atoms with Crippen molar-refractivity contribution in [3.8, 4) is 0 Å². The number of likely N-dealkylation sites (N-methyl/N-ethyl adjacent to an activating group) is 1. The topological polar surface area (TPSA) is 93.6 Å². The van der Waals surface area contributed by atoms with E-state index in [0.29, 0.717) is 41.8 Å². The second kappa shape index (κ2) is 10.7. The average Bonchev–Trinajstić information content (AvgIpc) is 3.26. The number of sulfone groups is 1. The van der Waals surface area contributed by atoms with Gasteiger partial charge >= 0.3 is 5.97 Å². The third-order valence-corrected chi connectivity index (χ3v) is 9.15. The summed E-state index contributed by atoms with van der Waals surface area (Å²) in [5.41, 5.74) is 4.94. The Kier molecular flexibility index (Phi) is 7.34. The van der Waals surface area contributed by atoms with E-state index >= 15 is 0 Å². The summed E-state index contributed by atoms with van der Waals surface area (Å²) in [5, 5.41) is 0.700. The molecular weight excluding hydrogens is 500 g/mol. The number of ether oxygens (including phenoxy) is 1. The molecule has 0 saturated carbocycles. The molecule has 2 aromatic carbocycles. The zero-order valence-electron chi connectivity index (χ0n) is 21.7. The third kappa shape index (κ3) is 5.36. The number of esters is 1. The van der Waals surface area contributed by atoms with E-state index in [-0.39, 0.29) is 23.5 Å². The number of hydrogen-bond acceptors (Lipinski definition) is 6. The smallest absolute Gasteiger partial charge is 0.339 e. The molecule has 0 N–H and O–H groups in total. The zero-order chi connectivity index (χ0) is 26.9. The summed E-state index contributed by atoms with van der Waals surface area (Å²) in [6.45, 7) is 3.88. The molecular formula is C30H32N2O5S. The minimum atomic E-state index is -3.14. The second-order valence-corrected chi connectivity index (χ2v) is 12.5. The Labute approximate surface area is 223 Å². The van der Waals surface area contributed by atoms with Crippen LogP contribution in [0.4, 0.5) is 0 Å². The van der Waals surface area contributed by atoms with Gasteiger partial charge in [0.1, 0.15) is 0 Å². The van der Waals surface area contributed by atoms with Crippen LogP contribution in [0.5, 0.6) is 0 Å². The van der Waals surface area contributed by atoms with Crippen LogP contribution in [0.3, 0.4) is 0 Å². The molecule has 2 aliphatic rings. The molecule has 2 heterocycles. The number of pyridine rings is 1. The van der Waals surface area contributed by atoms with Crippen LogP contribution in [0.1, 0.15) is 53.9 Å². The van der Waals surface area contributed by atoms with Crippen molar-refractivity contribution in [2.45, 2.75) is 39.2 Å². The van der Waals surface area contributed by atoms with Gasteiger partial charge in [0.2, 0.25) is 0 Å². The van der Waals surface area contributed by atoms with E-state index in [1.807, 2.05) is 54.6 Å². The molecule has 198 valence electrons. The normalized spacial score (nSPS) is 21.3. The molecule has 1 aliphatic carbocycles. The van der Waals surface area contributed by atoms with E-state index in [9.17, 15) is 18.0 Å². The van der Waals surface area contributed by atoms with E-state index in [0.717, 1.165) is 28.8 Å². The Hall–Kier alpha value is -3.52. The summed E-state index contributed by atoms with van der Waals surface area (Å²) in [7, 11) is -3.14. The maximum absolute atomic E-state index is 13.6. The first-order chi connectivity index (χ1) is 18.3. The molecule has 1 amide bonds. The number of carbonyl (C=O) groups is 2. The first kappa shape index (κ1) is 26.1. The van der Waals surface area contributed by atoms with Gasteiger partial charge in [-0.05, 0) is 60.9 Å². The highest BCUT2D eigenvalue weighted by molar-refractivity contribution is 7.91. The molecule has 0 radical (unpaired) electrons. The van der Waals surface area contributed by atoms with Gasteiger partial charge in [0.05, 0.1) is 28.3 Å². The van der Waals surface area contributed by atoms with Crippen molar-refractivity contribution in [3.05, 3.63) is 77.0 Å². The van der Waals surface area contributed by atoms with Gasteiger partial charge in [0.15, 0.2) is 16.4 Å². The van der Waals surface area contributed by atoms with Gasteiger partial charge in [0.25, 0.3) is 5.91 Å². The fourth-order valence-electron chi connectivity index (χ4n) is 5.66. The summed E-state index contributed by atoms with van der Waals surface area (Å²) in [6, 6.07) is 17.2.